The fourth-order valence-electron chi connectivity index (χ4n) is 1.02. The predicted octanol–water partition coefficient (Wildman–Crippen LogP) is -6.41. The Hall–Kier alpha value is 0.236. The molecule has 1 aliphatic rings. The van der Waals surface area contributed by atoms with E-state index in [9.17, 15) is 18.5 Å². The van der Waals surface area contributed by atoms with Crippen molar-refractivity contribution in [3.05, 3.63) is 11.5 Å². The predicted molar refractivity (Wildman–Crippen MR) is 43.7 cm³/mol. The summed E-state index contributed by atoms with van der Waals surface area (Å²) in [6.45, 7) is -0.906. The van der Waals surface area contributed by atoms with E-state index in [0.29, 0.717) is 0 Å². The average molecular weight is 310 g/mol. The van der Waals surface area contributed by atoms with Crippen LogP contribution in [0, 0.1) is 0 Å². The Bertz CT molecular complexity index is 441. The molecule has 1 rings (SSSR count). The van der Waals surface area contributed by atoms with E-state index in [2.05, 4.69) is 13.3 Å². The third kappa shape index (κ3) is 4.12. The zero-order chi connectivity index (χ0) is 13.2. The first-order valence-corrected chi connectivity index (χ1v) is 5.34. The number of carbonyl (C=O) groups excluding carboxylic acids is 1. The molecule has 0 saturated carbocycles. The maximum atomic E-state index is 10.9. The Labute approximate surface area is 143 Å². The molecule has 1 heterocycles. The maximum absolute atomic E-state index is 10.9. The van der Waals surface area contributed by atoms with Gasteiger partial charge < -0.3 is 33.8 Å². The van der Waals surface area contributed by atoms with Gasteiger partial charge in [0.1, 0.15) is 6.10 Å². The second kappa shape index (κ2) is 7.13. The largest absolute Gasteiger partial charge is 1.00 e. The first kappa shape index (κ1) is 18.2. The van der Waals surface area contributed by atoms with Crippen LogP contribution in [0.25, 0.3) is 0 Å². The van der Waals surface area contributed by atoms with Gasteiger partial charge >= 0.3 is 67.8 Å². The van der Waals surface area contributed by atoms with E-state index in [0.717, 1.165) is 0 Å². The third-order valence-electron chi connectivity index (χ3n) is 1.73. The summed E-state index contributed by atoms with van der Waals surface area (Å²) in [7, 11) is -5.03. The van der Waals surface area contributed by atoms with Crippen molar-refractivity contribution in [2.75, 3.05) is 6.61 Å². The van der Waals surface area contributed by atoms with Crippen LogP contribution in [-0.2, 0) is 28.4 Å². The number of rotatable bonds is 5. The van der Waals surface area contributed by atoms with E-state index < -0.39 is 46.7 Å². The van der Waals surface area contributed by atoms with E-state index in [1.807, 2.05) is 0 Å². The average Bonchev–Trinajstić information content (AvgIpc) is 2.56. The van der Waals surface area contributed by atoms with Crippen LogP contribution in [0.15, 0.2) is 11.5 Å². The number of cyclic esters (lactones) is 1. The molecule has 0 aliphatic carbocycles. The number of carbonyl (C=O) groups is 1. The van der Waals surface area contributed by atoms with Crippen LogP contribution in [0.4, 0.5) is 0 Å². The molecule has 2 atom stereocenters. The van der Waals surface area contributed by atoms with Gasteiger partial charge in [-0.2, -0.15) is 8.42 Å². The van der Waals surface area contributed by atoms with Crippen LogP contribution in [-0.4, -0.2) is 48.5 Å². The van der Waals surface area contributed by atoms with Crippen molar-refractivity contribution in [3.63, 3.8) is 0 Å². The van der Waals surface area contributed by atoms with Crippen LogP contribution in [0.5, 0.6) is 0 Å². The smallest absolute Gasteiger partial charge is 0.704 e. The van der Waals surface area contributed by atoms with Crippen molar-refractivity contribution < 1.29 is 98.4 Å². The molecule has 1 aliphatic heterocycles. The van der Waals surface area contributed by atoms with Gasteiger partial charge in [-0.15, -0.1) is 0 Å². The Morgan fingerprint density at radius 2 is 2.06 bits per heavy atom. The maximum Gasteiger partial charge on any atom is 1.00 e. The minimum atomic E-state index is -5.03. The molecule has 0 amide bonds. The number of hydrogen-bond acceptors (Lipinski definition) is 10. The van der Waals surface area contributed by atoms with E-state index in [1.54, 1.807) is 0 Å². The van der Waals surface area contributed by atoms with Gasteiger partial charge in [0.25, 0.3) is 0 Å². The van der Waals surface area contributed by atoms with Gasteiger partial charge in [-0.1, -0.05) is 0 Å². The third-order valence-corrected chi connectivity index (χ3v) is 2.28. The van der Waals surface area contributed by atoms with Crippen molar-refractivity contribution in [1.29, 1.82) is 0 Å². The summed E-state index contributed by atoms with van der Waals surface area (Å²) in [5.41, 5.74) is 0. The van der Waals surface area contributed by atoms with Gasteiger partial charge in [0.05, 0.1) is 6.61 Å². The van der Waals surface area contributed by atoms with Gasteiger partial charge in [-0.25, -0.2) is 4.79 Å². The molecule has 98 valence electrons. The molecule has 12 heteroatoms. The minimum Gasteiger partial charge on any atom is -0.704 e. The summed E-state index contributed by atoms with van der Waals surface area (Å²) in [5, 5.41) is 36.6. The SMILES string of the molecule is O=C1O[C@H]([C@@H](O)CO)C(OS(=O)(=O)O[O-])=C1O.[K+]. The van der Waals surface area contributed by atoms with E-state index in [-0.39, 0.29) is 51.4 Å². The van der Waals surface area contributed by atoms with Crippen LogP contribution >= 0.6 is 0 Å². The molecular weight excluding hydrogens is 303 g/mol. The van der Waals surface area contributed by atoms with Gasteiger partial charge in [0.2, 0.25) is 11.5 Å². The Balaban J connectivity index is 0.00000289. The van der Waals surface area contributed by atoms with E-state index in [4.69, 9.17) is 15.3 Å². The first-order valence-electron chi connectivity index (χ1n) is 4.01. The molecule has 0 saturated heterocycles. The van der Waals surface area contributed by atoms with Gasteiger partial charge in [-0.3, -0.25) is 0 Å². The second-order valence-electron chi connectivity index (χ2n) is 2.85. The summed E-state index contributed by atoms with van der Waals surface area (Å²) in [6, 6.07) is 0. The standard InChI is InChI=1S/C6H8O10S.K/c7-1-2(8)4-5(3(9)6(10)14-4)15-17(12,13)16-11;/h2,4,7-9,11H,1H2;/q;+1/p-1/t2-,4+;/m0./s1. The van der Waals surface area contributed by atoms with Crippen molar-refractivity contribution in [2.24, 2.45) is 0 Å². The molecule has 18 heavy (non-hydrogen) atoms. The number of aliphatic hydroxyl groups is 3. The second-order valence-corrected chi connectivity index (χ2v) is 3.97. The molecule has 10 nitrogen and oxygen atoms in total. The number of ether oxygens (including phenoxy) is 1. The molecule has 0 bridgehead atoms. The van der Waals surface area contributed by atoms with Crippen LogP contribution in [0.3, 0.4) is 0 Å². The van der Waals surface area contributed by atoms with Gasteiger partial charge in [0, 0.05) is 0 Å². The van der Waals surface area contributed by atoms with Crippen molar-refractivity contribution in [1.82, 2.24) is 0 Å². The van der Waals surface area contributed by atoms with Gasteiger partial charge in [0.15, 0.2) is 6.10 Å². The number of esters is 1. The fourth-order valence-corrected chi connectivity index (χ4v) is 1.44. The molecule has 0 aromatic heterocycles. The van der Waals surface area contributed by atoms with Crippen LogP contribution < -0.4 is 56.6 Å². The quantitative estimate of drug-likeness (QED) is 0.192. The molecule has 3 N–H and O–H groups in total. The Kier molecular flexibility index (Phi) is 7.23. The monoisotopic (exact) mass is 310 g/mol. The zero-order valence-corrected chi connectivity index (χ0v) is 12.9. The zero-order valence-electron chi connectivity index (χ0n) is 8.97. The van der Waals surface area contributed by atoms with E-state index >= 15 is 0 Å². The summed E-state index contributed by atoms with van der Waals surface area (Å²) in [4.78, 5) is 10.9. The van der Waals surface area contributed by atoms with Crippen molar-refractivity contribution in [3.8, 4) is 0 Å². The van der Waals surface area contributed by atoms with Gasteiger partial charge in [-0.05, 0) is 0 Å². The van der Waals surface area contributed by atoms with Crippen LogP contribution in [0.2, 0.25) is 0 Å². The minimum absolute atomic E-state index is 0. The molecule has 0 aromatic rings. The molecular formula is C6H7KO10S. The topological polar surface area (TPSA) is 163 Å². The molecule has 0 radical (unpaired) electrons. The Morgan fingerprint density at radius 3 is 2.50 bits per heavy atom. The number of hydrogen-bond donors (Lipinski definition) is 3. The number of aliphatic hydroxyl groups excluding tert-OH is 3. The summed E-state index contributed by atoms with van der Waals surface area (Å²) < 4.78 is 32.2. The van der Waals surface area contributed by atoms with Crippen molar-refractivity contribution in [2.45, 2.75) is 12.2 Å². The fraction of sp³-hybridized carbons (Fsp3) is 0.500. The van der Waals surface area contributed by atoms with E-state index in [1.165, 1.54) is 0 Å². The van der Waals surface area contributed by atoms with Crippen LogP contribution in [0.1, 0.15) is 0 Å². The molecule has 0 unspecified atom stereocenters. The summed E-state index contributed by atoms with van der Waals surface area (Å²) >= 11 is 0. The molecule has 0 aromatic carbocycles. The summed E-state index contributed by atoms with van der Waals surface area (Å²) in [5.74, 6) is -3.66. The first-order chi connectivity index (χ1) is 7.82. The molecule has 0 spiro atoms. The summed E-state index contributed by atoms with van der Waals surface area (Å²) in [6.07, 6.45) is -3.49. The Morgan fingerprint density at radius 1 is 1.50 bits per heavy atom. The van der Waals surface area contributed by atoms with Crippen molar-refractivity contribution >= 4 is 16.4 Å². The normalized spacial score (nSPS) is 21.3. The molecule has 0 fully saturated rings.